The van der Waals surface area contributed by atoms with Gasteiger partial charge in [0.2, 0.25) is 23.6 Å². The van der Waals surface area contributed by atoms with Crippen molar-refractivity contribution < 1.29 is 24.3 Å². The summed E-state index contributed by atoms with van der Waals surface area (Å²) in [6.07, 6.45) is 2.24. The molecule has 9 nitrogen and oxygen atoms in total. The van der Waals surface area contributed by atoms with Crippen molar-refractivity contribution in [1.82, 2.24) is 15.5 Å². The Morgan fingerprint density at radius 1 is 0.818 bits per heavy atom. The number of phenols is 1. The molecule has 0 aromatic heterocycles. The van der Waals surface area contributed by atoms with Crippen LogP contribution in [0.3, 0.4) is 0 Å². The Morgan fingerprint density at radius 3 is 2.02 bits per heavy atom. The van der Waals surface area contributed by atoms with E-state index in [1.54, 1.807) is 12.1 Å². The SMILES string of the molecule is Cc1ccc(Br)cc1.O=C1CCC2(CN(c3ccc(O)cc3)C2)C(=O)N1.O=C1CCC2(CNC2)C(=O)N1Cc1ccccc1. The van der Waals surface area contributed by atoms with E-state index in [9.17, 15) is 24.3 Å². The molecule has 4 saturated heterocycles. The van der Waals surface area contributed by atoms with E-state index in [2.05, 4.69) is 50.5 Å². The summed E-state index contributed by atoms with van der Waals surface area (Å²) in [6.45, 7) is 5.18. The summed E-state index contributed by atoms with van der Waals surface area (Å²) in [5, 5.41) is 14.8. The molecule has 0 atom stereocenters. The molecule has 3 aromatic rings. The smallest absolute Gasteiger partial charge is 0.238 e. The summed E-state index contributed by atoms with van der Waals surface area (Å²) in [4.78, 5) is 50.8. The number of carbonyl (C=O) groups excluding carboxylic acids is 4. The van der Waals surface area contributed by atoms with Crippen molar-refractivity contribution >= 4 is 45.2 Å². The molecule has 44 heavy (non-hydrogen) atoms. The van der Waals surface area contributed by atoms with E-state index in [-0.39, 0.29) is 34.8 Å². The zero-order chi connectivity index (χ0) is 31.3. The van der Waals surface area contributed by atoms with Crippen LogP contribution in [-0.2, 0) is 25.7 Å². The molecule has 0 saturated carbocycles. The lowest BCUT2D eigenvalue weighted by molar-refractivity contribution is -0.161. The number of aromatic hydroxyl groups is 1. The van der Waals surface area contributed by atoms with Crippen LogP contribution in [0.1, 0.15) is 36.8 Å². The molecule has 0 bridgehead atoms. The van der Waals surface area contributed by atoms with Crippen LogP contribution in [0, 0.1) is 17.8 Å². The van der Waals surface area contributed by atoms with Gasteiger partial charge in [-0.2, -0.15) is 0 Å². The minimum atomic E-state index is -0.397. The maximum absolute atomic E-state index is 12.4. The van der Waals surface area contributed by atoms with Crippen LogP contribution in [0.15, 0.2) is 83.3 Å². The molecule has 2 spiro atoms. The maximum atomic E-state index is 12.4. The van der Waals surface area contributed by atoms with Crippen LogP contribution in [-0.4, -0.2) is 59.8 Å². The van der Waals surface area contributed by atoms with E-state index >= 15 is 0 Å². The number of piperidine rings is 2. The lowest BCUT2D eigenvalue weighted by Gasteiger charge is -2.51. The average molecular weight is 662 g/mol. The molecule has 4 aliphatic heterocycles. The number of hydrogen-bond donors (Lipinski definition) is 3. The average Bonchev–Trinajstić information content (AvgIpc) is 2.97. The van der Waals surface area contributed by atoms with Crippen LogP contribution < -0.4 is 15.5 Å². The Labute approximate surface area is 265 Å². The van der Waals surface area contributed by atoms with Crippen LogP contribution in [0.4, 0.5) is 5.69 Å². The predicted molar refractivity (Wildman–Crippen MR) is 171 cm³/mol. The minimum Gasteiger partial charge on any atom is -0.508 e. The zero-order valence-corrected chi connectivity index (χ0v) is 26.3. The number of hydrogen-bond acceptors (Lipinski definition) is 7. The molecule has 0 unspecified atom stereocenters. The number of anilines is 1. The third-order valence-corrected chi connectivity index (χ3v) is 9.23. The lowest BCUT2D eigenvalue weighted by atomic mass is 9.73. The molecule has 0 radical (unpaired) electrons. The fraction of sp³-hybridized carbons (Fsp3) is 0.353. The van der Waals surface area contributed by atoms with Gasteiger partial charge < -0.3 is 15.3 Å². The van der Waals surface area contributed by atoms with Gasteiger partial charge in [-0.15, -0.1) is 0 Å². The van der Waals surface area contributed by atoms with Crippen LogP contribution in [0.2, 0.25) is 0 Å². The van der Waals surface area contributed by atoms with Gasteiger partial charge in [-0.1, -0.05) is 64.0 Å². The highest BCUT2D eigenvalue weighted by Gasteiger charge is 2.52. The van der Waals surface area contributed by atoms with Gasteiger partial charge in [-0.3, -0.25) is 29.4 Å². The van der Waals surface area contributed by atoms with Gasteiger partial charge in [-0.05, 0) is 61.7 Å². The normalized spacial score (nSPS) is 19.6. The van der Waals surface area contributed by atoms with Gasteiger partial charge >= 0.3 is 0 Å². The van der Waals surface area contributed by atoms with Crippen molar-refractivity contribution in [1.29, 1.82) is 0 Å². The van der Waals surface area contributed by atoms with Crippen molar-refractivity contribution in [3.05, 3.63) is 94.5 Å². The molecular weight excluding hydrogens is 624 g/mol. The first-order valence-electron chi connectivity index (χ1n) is 14.8. The molecule has 3 aromatic carbocycles. The Morgan fingerprint density at radius 2 is 1.45 bits per heavy atom. The second-order valence-corrected chi connectivity index (χ2v) is 12.9. The largest absolute Gasteiger partial charge is 0.508 e. The van der Waals surface area contributed by atoms with E-state index < -0.39 is 5.41 Å². The van der Waals surface area contributed by atoms with E-state index in [0.29, 0.717) is 58.4 Å². The highest BCUT2D eigenvalue weighted by Crippen LogP contribution is 2.40. The van der Waals surface area contributed by atoms with Gasteiger partial charge in [0.1, 0.15) is 5.75 Å². The van der Waals surface area contributed by atoms with Gasteiger partial charge in [-0.25, -0.2) is 0 Å². The molecule has 4 amide bonds. The monoisotopic (exact) mass is 660 g/mol. The molecule has 4 fully saturated rings. The Kier molecular flexibility index (Phi) is 9.51. The number of benzene rings is 3. The molecular formula is C34H37BrN4O5. The van der Waals surface area contributed by atoms with Gasteiger partial charge in [0.25, 0.3) is 0 Å². The lowest BCUT2D eigenvalue weighted by Crippen LogP contribution is -2.66. The first-order chi connectivity index (χ1) is 21.1. The first-order valence-corrected chi connectivity index (χ1v) is 15.6. The van der Waals surface area contributed by atoms with Crippen LogP contribution >= 0.6 is 15.9 Å². The number of phenolic OH excluding ortho intramolecular Hbond substituents is 1. The summed E-state index contributed by atoms with van der Waals surface area (Å²) in [5.74, 6) is -0.125. The van der Waals surface area contributed by atoms with Crippen molar-refractivity contribution in [3.8, 4) is 5.75 Å². The number of amides is 4. The van der Waals surface area contributed by atoms with Crippen molar-refractivity contribution in [2.75, 3.05) is 31.1 Å². The molecule has 4 heterocycles. The van der Waals surface area contributed by atoms with Crippen LogP contribution in [0.5, 0.6) is 5.75 Å². The molecule has 230 valence electrons. The second-order valence-electron chi connectivity index (χ2n) is 12.0. The van der Waals surface area contributed by atoms with E-state index in [1.807, 2.05) is 54.6 Å². The number of rotatable bonds is 3. The quantitative estimate of drug-likeness (QED) is 0.358. The summed E-state index contributed by atoms with van der Waals surface area (Å²) < 4.78 is 1.14. The first kappa shape index (κ1) is 31.4. The fourth-order valence-corrected chi connectivity index (χ4v) is 6.09. The highest BCUT2D eigenvalue weighted by molar-refractivity contribution is 9.10. The number of carbonyl (C=O) groups is 4. The number of imide groups is 2. The summed E-state index contributed by atoms with van der Waals surface area (Å²) in [5.41, 5.74) is 2.59. The second kappa shape index (κ2) is 13.3. The molecule has 10 heteroatoms. The molecule has 3 N–H and O–H groups in total. The summed E-state index contributed by atoms with van der Waals surface area (Å²) in [7, 11) is 0. The minimum absolute atomic E-state index is 0.00125. The zero-order valence-electron chi connectivity index (χ0n) is 24.7. The van der Waals surface area contributed by atoms with Crippen LogP contribution in [0.25, 0.3) is 0 Å². The van der Waals surface area contributed by atoms with E-state index in [0.717, 1.165) is 15.7 Å². The molecule has 7 rings (SSSR count). The van der Waals surface area contributed by atoms with Crippen molar-refractivity contribution in [2.24, 2.45) is 10.8 Å². The van der Waals surface area contributed by atoms with Crippen molar-refractivity contribution in [3.63, 3.8) is 0 Å². The topological polar surface area (TPSA) is 119 Å². The summed E-state index contributed by atoms with van der Waals surface area (Å²) in [6, 6.07) is 24.8. The number of aryl methyl sites for hydroxylation is 1. The summed E-state index contributed by atoms with van der Waals surface area (Å²) >= 11 is 3.35. The third-order valence-electron chi connectivity index (χ3n) is 8.71. The Hall–Kier alpha value is -4.02. The predicted octanol–water partition coefficient (Wildman–Crippen LogP) is 4.32. The van der Waals surface area contributed by atoms with Gasteiger partial charge in [0.05, 0.1) is 17.4 Å². The fourth-order valence-electron chi connectivity index (χ4n) is 5.82. The Bertz CT molecular complexity index is 1480. The Balaban J connectivity index is 0.000000141. The van der Waals surface area contributed by atoms with Gasteiger partial charge in [0, 0.05) is 49.2 Å². The molecule has 4 aliphatic rings. The maximum Gasteiger partial charge on any atom is 0.238 e. The standard InChI is InChI=1S/C14H16N2O2.C13H14N2O3.C7H7Br/c17-12-6-7-14(9-15-10-14)13(18)16(12)8-11-4-2-1-3-5-11;16-10-3-1-9(2-4-10)15-7-13(8-15)6-5-11(17)14-12(13)18;1-6-2-4-7(8)5-3-6/h1-5,15H,6-10H2;1-4,16H,5-8H2,(H,14,17,18);2-5H,1H3. The van der Waals surface area contributed by atoms with E-state index in [4.69, 9.17) is 0 Å². The highest BCUT2D eigenvalue weighted by atomic mass is 79.9. The number of nitrogens with one attached hydrogen (secondary N) is 2. The van der Waals surface area contributed by atoms with E-state index in [1.165, 1.54) is 10.5 Å². The number of nitrogens with zero attached hydrogens (tertiary/aromatic N) is 2. The van der Waals surface area contributed by atoms with Crippen molar-refractivity contribution in [2.45, 2.75) is 39.2 Å². The number of halogens is 1. The molecule has 0 aliphatic carbocycles. The third kappa shape index (κ3) is 7.03. The number of likely N-dealkylation sites (tertiary alicyclic amines) is 1. The van der Waals surface area contributed by atoms with Gasteiger partial charge in [0.15, 0.2) is 0 Å².